The highest BCUT2D eigenvalue weighted by atomic mass is 19.1. The summed E-state index contributed by atoms with van der Waals surface area (Å²) in [6.45, 7) is 6.10. The molecule has 1 amide bonds. The lowest BCUT2D eigenvalue weighted by atomic mass is 9.95. The van der Waals surface area contributed by atoms with Crippen LogP contribution in [0, 0.1) is 5.82 Å². The van der Waals surface area contributed by atoms with Crippen molar-refractivity contribution in [3.05, 3.63) is 71.0 Å². The topological polar surface area (TPSA) is 79.3 Å². The zero-order chi connectivity index (χ0) is 24.1. The lowest BCUT2D eigenvalue weighted by molar-refractivity contribution is -0.140. The van der Waals surface area contributed by atoms with Gasteiger partial charge in [-0.1, -0.05) is 31.2 Å². The van der Waals surface area contributed by atoms with Crippen LogP contribution in [0.1, 0.15) is 30.5 Å². The van der Waals surface area contributed by atoms with Gasteiger partial charge < -0.3 is 19.5 Å². The molecule has 8 heteroatoms. The molecule has 0 bridgehead atoms. The van der Waals surface area contributed by atoms with E-state index in [0.29, 0.717) is 49.8 Å². The van der Waals surface area contributed by atoms with E-state index >= 15 is 0 Å². The standard InChI is InChI=1S/C26H29FN2O5/c1-2-14-34-21-5-3-4-19(17-21)24(30)22-23(18-6-8-20(27)9-7-18)29(26(32)25(22)31)11-10-28-12-15-33-16-13-28/h3-9,17,23,30H,2,10-16H2,1H3/b24-22+. The first kappa shape index (κ1) is 23.9. The molecule has 2 aromatic rings. The van der Waals surface area contributed by atoms with Crippen molar-refractivity contribution >= 4 is 17.4 Å². The molecule has 0 saturated carbocycles. The van der Waals surface area contributed by atoms with Gasteiger partial charge in [-0.25, -0.2) is 4.39 Å². The molecule has 1 N–H and O–H groups in total. The number of benzene rings is 2. The molecule has 0 radical (unpaired) electrons. The predicted octanol–water partition coefficient (Wildman–Crippen LogP) is 3.37. The summed E-state index contributed by atoms with van der Waals surface area (Å²) >= 11 is 0. The van der Waals surface area contributed by atoms with Crippen molar-refractivity contribution in [2.45, 2.75) is 19.4 Å². The smallest absolute Gasteiger partial charge is 0.295 e. The van der Waals surface area contributed by atoms with Crippen LogP contribution < -0.4 is 4.74 Å². The molecular formula is C26H29FN2O5. The molecule has 2 aliphatic heterocycles. The molecule has 0 spiro atoms. The van der Waals surface area contributed by atoms with E-state index in [4.69, 9.17) is 9.47 Å². The molecule has 2 aromatic carbocycles. The highest BCUT2D eigenvalue weighted by Gasteiger charge is 2.46. The van der Waals surface area contributed by atoms with Gasteiger partial charge in [0.25, 0.3) is 11.7 Å². The molecule has 0 aromatic heterocycles. The minimum atomic E-state index is -0.818. The van der Waals surface area contributed by atoms with Crippen LogP contribution in [-0.2, 0) is 14.3 Å². The zero-order valence-electron chi connectivity index (χ0n) is 19.2. The van der Waals surface area contributed by atoms with Gasteiger partial charge in [0.05, 0.1) is 31.4 Å². The Morgan fingerprint density at radius 1 is 1.12 bits per heavy atom. The Kier molecular flexibility index (Phi) is 7.59. The van der Waals surface area contributed by atoms with Gasteiger partial charge in [0.15, 0.2) is 0 Å². The number of aliphatic hydroxyl groups is 1. The highest BCUT2D eigenvalue weighted by Crippen LogP contribution is 2.39. The first-order valence-corrected chi connectivity index (χ1v) is 11.6. The number of likely N-dealkylation sites (tertiary alicyclic amines) is 1. The number of hydrogen-bond donors (Lipinski definition) is 1. The number of ether oxygens (including phenoxy) is 2. The van der Waals surface area contributed by atoms with Gasteiger partial charge in [-0.05, 0) is 36.2 Å². The van der Waals surface area contributed by atoms with Crippen molar-refractivity contribution in [2.75, 3.05) is 46.0 Å². The molecule has 1 unspecified atom stereocenters. The molecule has 2 heterocycles. The van der Waals surface area contributed by atoms with E-state index in [1.54, 1.807) is 36.4 Å². The third-order valence-electron chi connectivity index (χ3n) is 6.07. The van der Waals surface area contributed by atoms with Crippen molar-refractivity contribution in [3.8, 4) is 5.75 Å². The van der Waals surface area contributed by atoms with Crippen molar-refractivity contribution in [1.29, 1.82) is 0 Å². The summed E-state index contributed by atoms with van der Waals surface area (Å²) in [5.74, 6) is -1.57. The number of carbonyl (C=O) groups is 2. The van der Waals surface area contributed by atoms with Crippen LogP contribution >= 0.6 is 0 Å². The Hall–Kier alpha value is -3.23. The van der Waals surface area contributed by atoms with E-state index < -0.39 is 23.5 Å². The van der Waals surface area contributed by atoms with Crippen LogP contribution in [0.5, 0.6) is 5.75 Å². The van der Waals surface area contributed by atoms with Crippen LogP contribution in [0.25, 0.3) is 5.76 Å². The maximum absolute atomic E-state index is 13.6. The number of carbonyl (C=O) groups excluding carboxylic acids is 2. The zero-order valence-corrected chi connectivity index (χ0v) is 19.2. The van der Waals surface area contributed by atoms with Gasteiger partial charge in [-0.3, -0.25) is 14.5 Å². The van der Waals surface area contributed by atoms with Crippen molar-refractivity contribution < 1.29 is 28.6 Å². The second kappa shape index (κ2) is 10.8. The number of ketones is 1. The lowest BCUT2D eigenvalue weighted by Crippen LogP contribution is -2.42. The monoisotopic (exact) mass is 468 g/mol. The number of aliphatic hydroxyl groups excluding tert-OH is 1. The molecule has 2 fully saturated rings. The summed E-state index contributed by atoms with van der Waals surface area (Å²) in [5.41, 5.74) is 0.931. The molecular weight excluding hydrogens is 439 g/mol. The van der Waals surface area contributed by atoms with Crippen LogP contribution in [0.2, 0.25) is 0 Å². The van der Waals surface area contributed by atoms with Gasteiger partial charge in [0.2, 0.25) is 0 Å². The fraction of sp³-hybridized carbons (Fsp3) is 0.385. The average Bonchev–Trinajstić information content (AvgIpc) is 3.12. The number of nitrogens with zero attached hydrogens (tertiary/aromatic N) is 2. The molecule has 0 aliphatic carbocycles. The molecule has 4 rings (SSSR count). The summed E-state index contributed by atoms with van der Waals surface area (Å²) in [7, 11) is 0. The Bertz CT molecular complexity index is 1060. The van der Waals surface area contributed by atoms with Crippen LogP contribution in [0.3, 0.4) is 0 Å². The van der Waals surface area contributed by atoms with Gasteiger partial charge in [0.1, 0.15) is 17.3 Å². The first-order valence-electron chi connectivity index (χ1n) is 11.6. The van der Waals surface area contributed by atoms with Crippen LogP contribution in [0.15, 0.2) is 54.1 Å². The number of rotatable bonds is 8. The quantitative estimate of drug-likeness (QED) is 0.364. The normalized spacial score (nSPS) is 20.6. The van der Waals surface area contributed by atoms with Crippen LogP contribution in [-0.4, -0.2) is 72.6 Å². The largest absolute Gasteiger partial charge is 0.507 e. The fourth-order valence-electron chi connectivity index (χ4n) is 4.28. The summed E-state index contributed by atoms with van der Waals surface area (Å²) in [4.78, 5) is 29.8. The van der Waals surface area contributed by atoms with Gasteiger partial charge >= 0.3 is 0 Å². The third kappa shape index (κ3) is 5.13. The maximum atomic E-state index is 13.6. The summed E-state index contributed by atoms with van der Waals surface area (Å²) in [6, 6.07) is 11.6. The van der Waals surface area contributed by atoms with Gasteiger partial charge in [0, 0.05) is 31.7 Å². The average molecular weight is 469 g/mol. The minimum absolute atomic E-state index is 0.00812. The van der Waals surface area contributed by atoms with Gasteiger partial charge in [-0.2, -0.15) is 0 Å². The summed E-state index contributed by atoms with van der Waals surface area (Å²) in [6.07, 6.45) is 0.828. The molecule has 1 atom stereocenters. The van der Waals surface area contributed by atoms with E-state index in [0.717, 1.165) is 19.5 Å². The number of morpholine rings is 1. The number of Topliss-reactive ketones (excluding diaryl/α,β-unsaturated/α-hetero) is 1. The number of hydrogen-bond acceptors (Lipinski definition) is 6. The van der Waals surface area contributed by atoms with Gasteiger partial charge in [-0.15, -0.1) is 0 Å². The second-order valence-electron chi connectivity index (χ2n) is 8.37. The Morgan fingerprint density at radius 2 is 1.85 bits per heavy atom. The Morgan fingerprint density at radius 3 is 2.56 bits per heavy atom. The summed E-state index contributed by atoms with van der Waals surface area (Å²) < 4.78 is 24.7. The van der Waals surface area contributed by atoms with E-state index in [-0.39, 0.29) is 11.3 Å². The minimum Gasteiger partial charge on any atom is -0.507 e. The van der Waals surface area contributed by atoms with Crippen molar-refractivity contribution in [2.24, 2.45) is 0 Å². The Balaban J connectivity index is 1.71. The molecule has 7 nitrogen and oxygen atoms in total. The maximum Gasteiger partial charge on any atom is 0.295 e. The van der Waals surface area contributed by atoms with Crippen molar-refractivity contribution in [3.63, 3.8) is 0 Å². The van der Waals surface area contributed by atoms with E-state index in [9.17, 15) is 19.1 Å². The molecule has 2 aliphatic rings. The third-order valence-corrected chi connectivity index (χ3v) is 6.07. The van der Waals surface area contributed by atoms with E-state index in [1.807, 2.05) is 6.92 Å². The summed E-state index contributed by atoms with van der Waals surface area (Å²) in [5, 5.41) is 11.2. The lowest BCUT2D eigenvalue weighted by Gasteiger charge is -2.31. The number of amides is 1. The Labute approximate surface area is 198 Å². The first-order chi connectivity index (χ1) is 16.5. The molecule has 2 saturated heterocycles. The molecule has 180 valence electrons. The van der Waals surface area contributed by atoms with Crippen molar-refractivity contribution in [1.82, 2.24) is 9.80 Å². The van der Waals surface area contributed by atoms with E-state index in [1.165, 1.54) is 17.0 Å². The van der Waals surface area contributed by atoms with E-state index in [2.05, 4.69) is 4.90 Å². The predicted molar refractivity (Wildman–Crippen MR) is 125 cm³/mol. The van der Waals surface area contributed by atoms with Crippen LogP contribution in [0.4, 0.5) is 4.39 Å². The SMILES string of the molecule is CCCOc1cccc(/C(O)=C2\C(=O)C(=O)N(CCN3CCOCC3)C2c2ccc(F)cc2)c1. The number of halogens is 1. The highest BCUT2D eigenvalue weighted by molar-refractivity contribution is 6.46. The second-order valence-corrected chi connectivity index (χ2v) is 8.37. The fourth-order valence-corrected chi connectivity index (χ4v) is 4.28. The molecule has 34 heavy (non-hydrogen) atoms.